The lowest BCUT2D eigenvalue weighted by atomic mass is 9.82. The molecular weight excluding hydrogens is 238 g/mol. The van der Waals surface area contributed by atoms with Crippen molar-refractivity contribution < 1.29 is 9.84 Å². The average Bonchev–Trinajstić information content (AvgIpc) is 2.24. The molecule has 0 aliphatic rings. The summed E-state index contributed by atoms with van der Waals surface area (Å²) in [4.78, 5) is 0. The summed E-state index contributed by atoms with van der Waals surface area (Å²) in [7, 11) is 0. The van der Waals surface area contributed by atoms with Crippen LogP contribution in [0, 0.1) is 5.41 Å². The summed E-state index contributed by atoms with van der Waals surface area (Å²) in [5.41, 5.74) is 6.58. The van der Waals surface area contributed by atoms with Crippen molar-refractivity contribution in [3.05, 3.63) is 29.8 Å². The Balaban J connectivity index is 2.82. The van der Waals surface area contributed by atoms with E-state index in [-0.39, 0.29) is 17.1 Å². The summed E-state index contributed by atoms with van der Waals surface area (Å²) in [6.07, 6.45) is -0.582. The van der Waals surface area contributed by atoms with Gasteiger partial charge in [-0.3, -0.25) is 0 Å². The van der Waals surface area contributed by atoms with E-state index < -0.39 is 6.10 Å². The standard InChI is InChI=1S/C16H27NO2/c1-15(2,3)14(18)13(17)11-7-9-12(10-8-11)19-16(4,5)6/h7-10,13-14,18H,17H2,1-6H3/t13-,14-/m1/s1. The zero-order chi connectivity index (χ0) is 14.8. The molecule has 0 bridgehead atoms. The van der Waals surface area contributed by atoms with E-state index in [1.165, 1.54) is 0 Å². The number of aliphatic hydroxyl groups is 1. The lowest BCUT2D eigenvalue weighted by molar-refractivity contribution is 0.0400. The van der Waals surface area contributed by atoms with Crippen molar-refractivity contribution in [3.8, 4) is 5.75 Å². The molecule has 2 atom stereocenters. The first-order valence-corrected chi connectivity index (χ1v) is 6.73. The topological polar surface area (TPSA) is 55.5 Å². The number of hydrogen-bond acceptors (Lipinski definition) is 3. The van der Waals surface area contributed by atoms with Crippen LogP contribution in [-0.4, -0.2) is 16.8 Å². The third kappa shape index (κ3) is 4.84. The normalized spacial score (nSPS) is 16.0. The Labute approximate surface area is 116 Å². The van der Waals surface area contributed by atoms with Gasteiger partial charge in [0.05, 0.1) is 12.1 Å². The molecule has 0 amide bonds. The Morgan fingerprint density at radius 1 is 1.00 bits per heavy atom. The fraction of sp³-hybridized carbons (Fsp3) is 0.625. The molecule has 0 radical (unpaired) electrons. The first-order valence-electron chi connectivity index (χ1n) is 6.73. The molecular formula is C16H27NO2. The van der Waals surface area contributed by atoms with Crippen LogP contribution in [0.3, 0.4) is 0 Å². The molecule has 0 spiro atoms. The maximum Gasteiger partial charge on any atom is 0.120 e. The summed E-state index contributed by atoms with van der Waals surface area (Å²) in [5.74, 6) is 0.814. The summed E-state index contributed by atoms with van der Waals surface area (Å²) < 4.78 is 5.76. The highest BCUT2D eigenvalue weighted by Gasteiger charge is 2.29. The zero-order valence-electron chi connectivity index (χ0n) is 12.9. The smallest absolute Gasteiger partial charge is 0.120 e. The van der Waals surface area contributed by atoms with Crippen molar-refractivity contribution in [3.63, 3.8) is 0 Å². The van der Waals surface area contributed by atoms with Crippen LogP contribution in [0.5, 0.6) is 5.75 Å². The van der Waals surface area contributed by atoms with Gasteiger partial charge in [0.25, 0.3) is 0 Å². The van der Waals surface area contributed by atoms with Gasteiger partial charge < -0.3 is 15.6 Å². The molecule has 3 heteroatoms. The third-order valence-corrected chi connectivity index (χ3v) is 2.92. The van der Waals surface area contributed by atoms with Gasteiger partial charge in [0, 0.05) is 0 Å². The van der Waals surface area contributed by atoms with Crippen LogP contribution in [0.4, 0.5) is 0 Å². The first-order chi connectivity index (χ1) is 8.50. The van der Waals surface area contributed by atoms with Gasteiger partial charge in [0.15, 0.2) is 0 Å². The molecule has 0 saturated carbocycles. The van der Waals surface area contributed by atoms with Crippen LogP contribution in [0.15, 0.2) is 24.3 Å². The molecule has 1 rings (SSSR count). The lowest BCUT2D eigenvalue weighted by Gasteiger charge is -2.31. The Morgan fingerprint density at radius 2 is 1.47 bits per heavy atom. The molecule has 0 aliphatic carbocycles. The van der Waals surface area contributed by atoms with Gasteiger partial charge >= 0.3 is 0 Å². The maximum atomic E-state index is 10.2. The highest BCUT2D eigenvalue weighted by Crippen LogP contribution is 2.29. The molecule has 108 valence electrons. The molecule has 0 aromatic heterocycles. The van der Waals surface area contributed by atoms with Gasteiger partial charge in [0.1, 0.15) is 11.4 Å². The van der Waals surface area contributed by atoms with Crippen molar-refractivity contribution in [2.24, 2.45) is 11.1 Å². The molecule has 1 aromatic carbocycles. The molecule has 0 unspecified atom stereocenters. The second-order valence-electron chi connectivity index (χ2n) is 7.12. The lowest BCUT2D eigenvalue weighted by Crippen LogP contribution is -2.36. The molecule has 3 N–H and O–H groups in total. The number of hydrogen-bond donors (Lipinski definition) is 2. The Morgan fingerprint density at radius 3 is 1.84 bits per heavy atom. The zero-order valence-corrected chi connectivity index (χ0v) is 12.9. The number of aliphatic hydroxyl groups excluding tert-OH is 1. The fourth-order valence-electron chi connectivity index (χ4n) is 1.83. The van der Waals surface area contributed by atoms with E-state index in [0.29, 0.717) is 0 Å². The summed E-state index contributed by atoms with van der Waals surface area (Å²) in [6, 6.07) is 7.25. The molecule has 0 fully saturated rings. The van der Waals surface area contributed by atoms with Gasteiger partial charge in [-0.2, -0.15) is 0 Å². The van der Waals surface area contributed by atoms with Crippen molar-refractivity contribution in [2.75, 3.05) is 0 Å². The monoisotopic (exact) mass is 265 g/mol. The minimum Gasteiger partial charge on any atom is -0.488 e. The number of nitrogens with two attached hydrogens (primary N) is 1. The largest absolute Gasteiger partial charge is 0.488 e. The second-order valence-corrected chi connectivity index (χ2v) is 7.12. The predicted molar refractivity (Wildman–Crippen MR) is 79.2 cm³/mol. The van der Waals surface area contributed by atoms with Crippen molar-refractivity contribution in [2.45, 2.75) is 59.3 Å². The summed E-state index contributed by atoms with van der Waals surface area (Å²) in [6.45, 7) is 12.0. The minimum absolute atomic E-state index is 0.214. The Bertz CT molecular complexity index is 398. The van der Waals surface area contributed by atoms with Gasteiger partial charge in [-0.25, -0.2) is 0 Å². The highest BCUT2D eigenvalue weighted by atomic mass is 16.5. The van der Waals surface area contributed by atoms with E-state index in [2.05, 4.69) is 0 Å². The van der Waals surface area contributed by atoms with Crippen LogP contribution < -0.4 is 10.5 Å². The molecule has 3 nitrogen and oxygen atoms in total. The number of rotatable bonds is 3. The van der Waals surface area contributed by atoms with E-state index in [1.54, 1.807) is 0 Å². The fourth-order valence-corrected chi connectivity index (χ4v) is 1.83. The number of ether oxygens (including phenoxy) is 1. The van der Waals surface area contributed by atoms with Crippen LogP contribution in [0.1, 0.15) is 53.1 Å². The van der Waals surface area contributed by atoms with E-state index in [1.807, 2.05) is 65.8 Å². The van der Waals surface area contributed by atoms with Crippen molar-refractivity contribution in [1.82, 2.24) is 0 Å². The number of benzene rings is 1. The molecule has 0 saturated heterocycles. The van der Waals surface area contributed by atoms with Crippen molar-refractivity contribution >= 4 is 0 Å². The van der Waals surface area contributed by atoms with Crippen molar-refractivity contribution in [1.29, 1.82) is 0 Å². The van der Waals surface area contributed by atoms with Crippen LogP contribution in [0.25, 0.3) is 0 Å². The van der Waals surface area contributed by atoms with Gasteiger partial charge in [-0.1, -0.05) is 32.9 Å². The maximum absolute atomic E-state index is 10.2. The second kappa shape index (κ2) is 5.51. The minimum atomic E-state index is -0.582. The van der Waals surface area contributed by atoms with E-state index in [9.17, 15) is 5.11 Å². The summed E-state index contributed by atoms with van der Waals surface area (Å²) >= 11 is 0. The SMILES string of the molecule is CC(C)(C)Oc1ccc([C@@H](N)[C@@H](O)C(C)(C)C)cc1. The van der Waals surface area contributed by atoms with Crippen LogP contribution >= 0.6 is 0 Å². The highest BCUT2D eigenvalue weighted by molar-refractivity contribution is 5.30. The average molecular weight is 265 g/mol. The first kappa shape index (κ1) is 16.0. The molecule has 0 heterocycles. The van der Waals surface area contributed by atoms with E-state index >= 15 is 0 Å². The van der Waals surface area contributed by atoms with Gasteiger partial charge in [-0.05, 0) is 43.9 Å². The van der Waals surface area contributed by atoms with Crippen LogP contribution in [-0.2, 0) is 0 Å². The molecule has 0 aliphatic heterocycles. The molecule has 19 heavy (non-hydrogen) atoms. The van der Waals surface area contributed by atoms with Gasteiger partial charge in [0.2, 0.25) is 0 Å². The Hall–Kier alpha value is -1.06. The van der Waals surface area contributed by atoms with Gasteiger partial charge in [-0.15, -0.1) is 0 Å². The third-order valence-electron chi connectivity index (χ3n) is 2.92. The van der Waals surface area contributed by atoms with E-state index in [0.717, 1.165) is 11.3 Å². The van der Waals surface area contributed by atoms with E-state index in [4.69, 9.17) is 10.5 Å². The molecule has 1 aromatic rings. The Kier molecular flexibility index (Phi) is 4.64. The summed E-state index contributed by atoms with van der Waals surface area (Å²) in [5, 5.41) is 10.2. The van der Waals surface area contributed by atoms with Crippen LogP contribution in [0.2, 0.25) is 0 Å². The quantitative estimate of drug-likeness (QED) is 0.882. The predicted octanol–water partition coefficient (Wildman–Crippen LogP) is 3.27.